The highest BCUT2D eigenvalue weighted by molar-refractivity contribution is 7.92. The molecule has 2 aromatic rings. The third-order valence-electron chi connectivity index (χ3n) is 2.84. The fourth-order valence-electron chi connectivity index (χ4n) is 1.88. The summed E-state index contributed by atoms with van der Waals surface area (Å²) in [6, 6.07) is 12.0. The Labute approximate surface area is 128 Å². The summed E-state index contributed by atoms with van der Waals surface area (Å²) < 4.78 is 38.1. The molecule has 0 aliphatic carbocycles. The summed E-state index contributed by atoms with van der Waals surface area (Å²) in [5.41, 5.74) is 1.20. The summed E-state index contributed by atoms with van der Waals surface area (Å²) in [7, 11) is -3.41. The minimum atomic E-state index is -3.41. The van der Waals surface area contributed by atoms with Crippen LogP contribution < -0.4 is 10.0 Å². The van der Waals surface area contributed by atoms with Crippen molar-refractivity contribution in [3.05, 3.63) is 65.5 Å². The lowest BCUT2D eigenvalue weighted by molar-refractivity contribution is 0.0950. The van der Waals surface area contributed by atoms with Gasteiger partial charge in [-0.15, -0.1) is 0 Å². The van der Waals surface area contributed by atoms with Gasteiger partial charge in [0, 0.05) is 12.1 Å². The Kier molecular flexibility index (Phi) is 4.77. The van der Waals surface area contributed by atoms with Gasteiger partial charge in [0.05, 0.1) is 11.9 Å². The number of anilines is 1. The van der Waals surface area contributed by atoms with Gasteiger partial charge >= 0.3 is 0 Å². The molecule has 0 radical (unpaired) electrons. The molecule has 0 aromatic heterocycles. The highest BCUT2D eigenvalue weighted by Gasteiger charge is 2.10. The number of halogens is 1. The normalized spacial score (nSPS) is 11.0. The molecule has 0 unspecified atom stereocenters. The van der Waals surface area contributed by atoms with Gasteiger partial charge < -0.3 is 5.32 Å². The van der Waals surface area contributed by atoms with Crippen molar-refractivity contribution in [2.45, 2.75) is 6.54 Å². The van der Waals surface area contributed by atoms with Crippen LogP contribution in [0.2, 0.25) is 0 Å². The van der Waals surface area contributed by atoms with Crippen molar-refractivity contribution in [2.24, 2.45) is 0 Å². The van der Waals surface area contributed by atoms with Gasteiger partial charge in [-0.05, 0) is 29.8 Å². The zero-order valence-corrected chi connectivity index (χ0v) is 12.7. The Bertz CT molecular complexity index is 791. The van der Waals surface area contributed by atoms with Crippen LogP contribution in [0.4, 0.5) is 10.1 Å². The molecular formula is C15H15FN2O3S. The first-order valence-electron chi connectivity index (χ1n) is 6.44. The quantitative estimate of drug-likeness (QED) is 0.885. The third kappa shape index (κ3) is 4.56. The minimum Gasteiger partial charge on any atom is -0.348 e. The van der Waals surface area contributed by atoms with Crippen LogP contribution in [0.5, 0.6) is 0 Å². The Morgan fingerprint density at radius 1 is 1.14 bits per heavy atom. The molecule has 0 saturated heterocycles. The van der Waals surface area contributed by atoms with E-state index in [-0.39, 0.29) is 12.1 Å². The van der Waals surface area contributed by atoms with Crippen molar-refractivity contribution in [2.75, 3.05) is 11.0 Å². The topological polar surface area (TPSA) is 75.3 Å². The summed E-state index contributed by atoms with van der Waals surface area (Å²) in [5.74, 6) is -0.930. The standard InChI is InChI=1S/C15H15FN2O3S/c1-22(20,21)18-14-8-3-2-5-12(14)10-17-15(19)11-6-4-7-13(16)9-11/h2-9,18H,10H2,1H3,(H,17,19). The van der Waals surface area contributed by atoms with E-state index in [9.17, 15) is 17.6 Å². The monoisotopic (exact) mass is 322 g/mol. The van der Waals surface area contributed by atoms with Crippen LogP contribution in [-0.2, 0) is 16.6 Å². The molecule has 1 amide bonds. The lowest BCUT2D eigenvalue weighted by Crippen LogP contribution is -2.23. The second-order valence-electron chi connectivity index (χ2n) is 4.72. The van der Waals surface area contributed by atoms with Gasteiger partial charge in [0.15, 0.2) is 0 Å². The van der Waals surface area contributed by atoms with Gasteiger partial charge in [-0.1, -0.05) is 24.3 Å². The second-order valence-corrected chi connectivity index (χ2v) is 6.47. The van der Waals surface area contributed by atoms with Crippen molar-refractivity contribution in [1.82, 2.24) is 5.32 Å². The molecule has 2 rings (SSSR count). The zero-order chi connectivity index (χ0) is 16.2. The smallest absolute Gasteiger partial charge is 0.251 e. The molecule has 2 N–H and O–H groups in total. The molecule has 0 fully saturated rings. The molecule has 0 atom stereocenters. The predicted molar refractivity (Wildman–Crippen MR) is 82.5 cm³/mol. The van der Waals surface area contributed by atoms with Crippen LogP contribution in [-0.4, -0.2) is 20.6 Å². The SMILES string of the molecule is CS(=O)(=O)Nc1ccccc1CNC(=O)c1cccc(F)c1. The summed E-state index contributed by atoms with van der Waals surface area (Å²) in [4.78, 5) is 12.0. The maximum absolute atomic E-state index is 13.1. The van der Waals surface area contributed by atoms with Crippen LogP contribution in [0.1, 0.15) is 15.9 Å². The van der Waals surface area contributed by atoms with Crippen molar-refractivity contribution in [3.8, 4) is 0 Å². The number of sulfonamides is 1. The molecule has 0 heterocycles. The number of rotatable bonds is 5. The molecule has 5 nitrogen and oxygen atoms in total. The van der Waals surface area contributed by atoms with Crippen LogP contribution in [0.15, 0.2) is 48.5 Å². The summed E-state index contributed by atoms with van der Waals surface area (Å²) >= 11 is 0. The maximum Gasteiger partial charge on any atom is 0.251 e. The van der Waals surface area contributed by atoms with E-state index in [1.165, 1.54) is 18.2 Å². The number of nitrogens with one attached hydrogen (secondary N) is 2. The van der Waals surface area contributed by atoms with Gasteiger partial charge in [0.2, 0.25) is 10.0 Å². The molecule has 22 heavy (non-hydrogen) atoms. The number of para-hydroxylation sites is 1. The van der Waals surface area contributed by atoms with Crippen molar-refractivity contribution in [1.29, 1.82) is 0 Å². The van der Waals surface area contributed by atoms with E-state index in [4.69, 9.17) is 0 Å². The molecular weight excluding hydrogens is 307 g/mol. The van der Waals surface area contributed by atoms with E-state index in [2.05, 4.69) is 10.0 Å². The van der Waals surface area contributed by atoms with Crippen molar-refractivity contribution >= 4 is 21.6 Å². The maximum atomic E-state index is 13.1. The van der Waals surface area contributed by atoms with Gasteiger partial charge in [0.25, 0.3) is 5.91 Å². The van der Waals surface area contributed by atoms with Crippen LogP contribution in [0, 0.1) is 5.82 Å². The second kappa shape index (κ2) is 6.57. The minimum absolute atomic E-state index is 0.119. The number of carbonyl (C=O) groups excluding carboxylic acids is 1. The lowest BCUT2D eigenvalue weighted by atomic mass is 10.1. The average Bonchev–Trinajstić information content (AvgIpc) is 2.44. The largest absolute Gasteiger partial charge is 0.348 e. The fourth-order valence-corrected chi connectivity index (χ4v) is 2.48. The number of carbonyl (C=O) groups is 1. The number of benzene rings is 2. The Hall–Kier alpha value is -2.41. The molecule has 7 heteroatoms. The molecule has 0 bridgehead atoms. The Morgan fingerprint density at radius 3 is 2.55 bits per heavy atom. The molecule has 116 valence electrons. The Balaban J connectivity index is 2.10. The van der Waals surface area contributed by atoms with Crippen molar-refractivity contribution < 1.29 is 17.6 Å². The third-order valence-corrected chi connectivity index (χ3v) is 3.43. The predicted octanol–water partition coefficient (Wildman–Crippen LogP) is 2.13. The van der Waals surface area contributed by atoms with Gasteiger partial charge in [0.1, 0.15) is 5.82 Å². The molecule has 0 saturated carbocycles. The summed E-state index contributed by atoms with van der Waals surface area (Å²) in [5, 5.41) is 2.63. The molecule has 0 aliphatic rings. The summed E-state index contributed by atoms with van der Waals surface area (Å²) in [6.07, 6.45) is 1.05. The number of hydrogen-bond acceptors (Lipinski definition) is 3. The first kappa shape index (κ1) is 16.0. The zero-order valence-electron chi connectivity index (χ0n) is 11.8. The van der Waals surface area contributed by atoms with E-state index >= 15 is 0 Å². The van der Waals surface area contributed by atoms with Gasteiger partial charge in [-0.3, -0.25) is 9.52 Å². The van der Waals surface area contributed by atoms with E-state index < -0.39 is 21.7 Å². The van der Waals surface area contributed by atoms with E-state index in [1.807, 2.05) is 0 Å². The van der Waals surface area contributed by atoms with E-state index in [0.29, 0.717) is 11.3 Å². The van der Waals surface area contributed by atoms with Crippen LogP contribution in [0.25, 0.3) is 0 Å². The Morgan fingerprint density at radius 2 is 1.86 bits per heavy atom. The molecule has 0 aliphatic heterocycles. The average molecular weight is 322 g/mol. The highest BCUT2D eigenvalue weighted by atomic mass is 32.2. The number of hydrogen-bond donors (Lipinski definition) is 2. The fraction of sp³-hybridized carbons (Fsp3) is 0.133. The lowest BCUT2D eigenvalue weighted by Gasteiger charge is -2.11. The first-order chi connectivity index (χ1) is 10.3. The van der Waals surface area contributed by atoms with Gasteiger partial charge in [-0.25, -0.2) is 12.8 Å². The first-order valence-corrected chi connectivity index (χ1v) is 8.34. The summed E-state index contributed by atoms with van der Waals surface area (Å²) in [6.45, 7) is 0.119. The highest BCUT2D eigenvalue weighted by Crippen LogP contribution is 2.16. The molecule has 2 aromatic carbocycles. The molecule has 0 spiro atoms. The van der Waals surface area contributed by atoms with E-state index in [1.54, 1.807) is 24.3 Å². The van der Waals surface area contributed by atoms with Crippen molar-refractivity contribution in [3.63, 3.8) is 0 Å². The van der Waals surface area contributed by atoms with Gasteiger partial charge in [-0.2, -0.15) is 0 Å². The van der Waals surface area contributed by atoms with E-state index in [0.717, 1.165) is 12.3 Å². The van der Waals surface area contributed by atoms with Crippen LogP contribution >= 0.6 is 0 Å². The number of amides is 1. The van der Waals surface area contributed by atoms with Crippen LogP contribution in [0.3, 0.4) is 0 Å².